The number of nitrogens with two attached hydrogens (primary N) is 1. The Morgan fingerprint density at radius 2 is 1.90 bits per heavy atom. The van der Waals surface area contributed by atoms with Crippen molar-refractivity contribution in [3.8, 4) is 5.75 Å². The molecule has 0 aliphatic rings. The Labute approximate surface area is 130 Å². The van der Waals surface area contributed by atoms with E-state index < -0.39 is 0 Å². The summed E-state index contributed by atoms with van der Waals surface area (Å²) in [6.45, 7) is 2.67. The van der Waals surface area contributed by atoms with Gasteiger partial charge < -0.3 is 15.4 Å². The van der Waals surface area contributed by atoms with Crippen LogP contribution in [0.2, 0.25) is 0 Å². The van der Waals surface area contributed by atoms with Crippen molar-refractivity contribution >= 4 is 23.0 Å². The van der Waals surface area contributed by atoms with Gasteiger partial charge in [0.05, 0.1) is 12.7 Å². The molecule has 0 unspecified atom stereocenters. The van der Waals surface area contributed by atoms with Gasteiger partial charge in [-0.1, -0.05) is 24.4 Å². The first-order valence-corrected chi connectivity index (χ1v) is 7.03. The summed E-state index contributed by atoms with van der Waals surface area (Å²) in [6, 6.07) is 11.8. The lowest BCUT2D eigenvalue weighted by atomic mass is 10.2. The zero-order valence-corrected chi connectivity index (χ0v) is 13.3. The van der Waals surface area contributed by atoms with Crippen LogP contribution >= 0.6 is 12.2 Å². The highest BCUT2D eigenvalue weighted by molar-refractivity contribution is 7.80. The van der Waals surface area contributed by atoms with Crippen molar-refractivity contribution < 1.29 is 4.74 Å². The monoisotopic (exact) mass is 301 g/mol. The van der Waals surface area contributed by atoms with Gasteiger partial charge in [-0.2, -0.15) is 0 Å². The minimum atomic E-state index is 0.360. The molecule has 0 bridgehead atoms. The Bertz CT molecular complexity index is 640. The summed E-state index contributed by atoms with van der Waals surface area (Å²) in [7, 11) is 3.64. The maximum atomic E-state index is 5.78. The van der Waals surface area contributed by atoms with E-state index in [-0.39, 0.29) is 0 Å². The van der Waals surface area contributed by atoms with Crippen LogP contribution in [0.5, 0.6) is 5.75 Å². The topological polar surface area (TPSA) is 51.4 Å². The zero-order valence-electron chi connectivity index (χ0n) is 12.5. The maximum absolute atomic E-state index is 5.78. The largest absolute Gasteiger partial charge is 0.497 e. The average molecular weight is 301 g/mol. The first kappa shape index (κ1) is 15.3. The van der Waals surface area contributed by atoms with Crippen LogP contribution in [0.3, 0.4) is 0 Å². The van der Waals surface area contributed by atoms with Crippen LogP contribution in [-0.2, 0) is 6.54 Å². The third-order valence-corrected chi connectivity index (χ3v) is 3.44. The second-order valence-electron chi connectivity index (χ2n) is 4.89. The number of thiocarbonyl (C=S) groups is 1. The van der Waals surface area contributed by atoms with Gasteiger partial charge in [0.25, 0.3) is 0 Å². The van der Waals surface area contributed by atoms with Crippen molar-refractivity contribution in [3.63, 3.8) is 0 Å². The first-order chi connectivity index (χ1) is 10.0. The highest BCUT2D eigenvalue weighted by Crippen LogP contribution is 2.20. The summed E-state index contributed by atoms with van der Waals surface area (Å²) < 4.78 is 5.17. The third kappa shape index (κ3) is 3.70. The highest BCUT2D eigenvalue weighted by Gasteiger charge is 2.12. The standard InChI is InChI=1S/C16H19N3OS/c1-11-4-9-14(15(17)21)16(18-11)19(2)10-12-5-7-13(20-3)8-6-12/h4-9H,10H2,1-3H3,(H2,17,21). The molecule has 5 heteroatoms. The van der Waals surface area contributed by atoms with E-state index >= 15 is 0 Å². The van der Waals surface area contributed by atoms with Crippen molar-refractivity contribution in [3.05, 3.63) is 53.2 Å². The van der Waals surface area contributed by atoms with Gasteiger partial charge in [-0.3, -0.25) is 0 Å². The van der Waals surface area contributed by atoms with Gasteiger partial charge in [0.15, 0.2) is 0 Å². The molecule has 21 heavy (non-hydrogen) atoms. The minimum Gasteiger partial charge on any atom is -0.497 e. The lowest BCUT2D eigenvalue weighted by Gasteiger charge is -2.21. The van der Waals surface area contributed by atoms with Crippen LogP contribution in [0, 0.1) is 6.92 Å². The Balaban J connectivity index is 2.24. The number of aromatic nitrogens is 1. The summed E-state index contributed by atoms with van der Waals surface area (Å²) in [5, 5.41) is 0. The number of anilines is 1. The fourth-order valence-corrected chi connectivity index (χ4v) is 2.27. The van der Waals surface area contributed by atoms with E-state index in [2.05, 4.69) is 4.98 Å². The average Bonchev–Trinajstić information content (AvgIpc) is 2.47. The van der Waals surface area contributed by atoms with Crippen molar-refractivity contribution in [2.45, 2.75) is 13.5 Å². The number of benzene rings is 1. The first-order valence-electron chi connectivity index (χ1n) is 6.63. The highest BCUT2D eigenvalue weighted by atomic mass is 32.1. The Morgan fingerprint density at radius 3 is 2.48 bits per heavy atom. The number of nitrogens with zero attached hydrogens (tertiary/aromatic N) is 2. The molecule has 0 spiro atoms. The van der Waals surface area contributed by atoms with Crippen molar-refractivity contribution in [1.82, 2.24) is 4.98 Å². The summed E-state index contributed by atoms with van der Waals surface area (Å²) in [5.74, 6) is 1.65. The molecule has 0 atom stereocenters. The van der Waals surface area contributed by atoms with E-state index in [4.69, 9.17) is 22.7 Å². The van der Waals surface area contributed by atoms with Crippen LogP contribution in [0.1, 0.15) is 16.8 Å². The van der Waals surface area contributed by atoms with E-state index in [0.717, 1.165) is 34.9 Å². The summed E-state index contributed by atoms with van der Waals surface area (Å²) in [5.41, 5.74) is 8.68. The smallest absolute Gasteiger partial charge is 0.139 e. The summed E-state index contributed by atoms with van der Waals surface area (Å²) in [4.78, 5) is 6.96. The number of aryl methyl sites for hydroxylation is 1. The normalized spacial score (nSPS) is 10.2. The van der Waals surface area contributed by atoms with Crippen LogP contribution < -0.4 is 15.4 Å². The number of hydrogen-bond donors (Lipinski definition) is 1. The third-order valence-electron chi connectivity index (χ3n) is 3.22. The molecule has 0 radical (unpaired) electrons. The number of hydrogen-bond acceptors (Lipinski definition) is 4. The molecule has 0 fully saturated rings. The van der Waals surface area contributed by atoms with Gasteiger partial charge in [-0.15, -0.1) is 0 Å². The molecular formula is C16H19N3OS. The zero-order chi connectivity index (χ0) is 15.4. The van der Waals surface area contributed by atoms with E-state index in [9.17, 15) is 0 Å². The quantitative estimate of drug-likeness (QED) is 0.861. The van der Waals surface area contributed by atoms with Gasteiger partial charge in [-0.25, -0.2) is 4.98 Å². The second-order valence-corrected chi connectivity index (χ2v) is 5.33. The van der Waals surface area contributed by atoms with Crippen LogP contribution in [-0.4, -0.2) is 24.1 Å². The van der Waals surface area contributed by atoms with Gasteiger partial charge >= 0.3 is 0 Å². The number of ether oxygens (including phenoxy) is 1. The number of pyridine rings is 1. The summed E-state index contributed by atoms with van der Waals surface area (Å²) >= 11 is 5.10. The predicted octanol–water partition coefficient (Wildman–Crippen LogP) is 2.67. The maximum Gasteiger partial charge on any atom is 0.139 e. The van der Waals surface area contributed by atoms with E-state index in [1.807, 2.05) is 55.3 Å². The molecule has 0 amide bonds. The van der Waals surface area contributed by atoms with Crippen LogP contribution in [0.25, 0.3) is 0 Å². The lowest BCUT2D eigenvalue weighted by molar-refractivity contribution is 0.414. The Hall–Kier alpha value is -2.14. The predicted molar refractivity (Wildman–Crippen MR) is 90.0 cm³/mol. The van der Waals surface area contributed by atoms with Crippen molar-refractivity contribution in [2.24, 2.45) is 5.73 Å². The molecule has 2 N–H and O–H groups in total. The molecule has 0 saturated carbocycles. The number of rotatable bonds is 5. The van der Waals surface area contributed by atoms with Crippen LogP contribution in [0.15, 0.2) is 36.4 Å². The van der Waals surface area contributed by atoms with Crippen molar-refractivity contribution in [1.29, 1.82) is 0 Å². The molecule has 2 rings (SSSR count). The fraction of sp³-hybridized carbons (Fsp3) is 0.250. The molecule has 1 aromatic carbocycles. The minimum absolute atomic E-state index is 0.360. The van der Waals surface area contributed by atoms with E-state index in [0.29, 0.717) is 4.99 Å². The molecule has 2 aromatic rings. The van der Waals surface area contributed by atoms with Gasteiger partial charge in [-0.05, 0) is 36.8 Å². The molecule has 4 nitrogen and oxygen atoms in total. The van der Waals surface area contributed by atoms with Gasteiger partial charge in [0.1, 0.15) is 16.6 Å². The molecule has 0 aliphatic heterocycles. The SMILES string of the molecule is COc1ccc(CN(C)c2nc(C)ccc2C(N)=S)cc1. The molecule has 0 aliphatic carbocycles. The molecule has 110 valence electrons. The molecule has 1 aromatic heterocycles. The van der Waals surface area contributed by atoms with E-state index in [1.165, 1.54) is 0 Å². The Kier molecular flexibility index (Phi) is 4.75. The number of methoxy groups -OCH3 is 1. The van der Waals surface area contributed by atoms with Crippen LogP contribution in [0.4, 0.5) is 5.82 Å². The summed E-state index contributed by atoms with van der Waals surface area (Å²) in [6.07, 6.45) is 0. The molecule has 1 heterocycles. The lowest BCUT2D eigenvalue weighted by Crippen LogP contribution is -2.23. The Morgan fingerprint density at radius 1 is 1.24 bits per heavy atom. The molecule has 0 saturated heterocycles. The molecular weight excluding hydrogens is 282 g/mol. The second kappa shape index (κ2) is 6.54. The van der Waals surface area contributed by atoms with E-state index in [1.54, 1.807) is 7.11 Å². The van der Waals surface area contributed by atoms with Crippen molar-refractivity contribution in [2.75, 3.05) is 19.1 Å². The van der Waals surface area contributed by atoms with Gasteiger partial charge in [0, 0.05) is 19.3 Å². The van der Waals surface area contributed by atoms with Gasteiger partial charge in [0.2, 0.25) is 0 Å². The fourth-order valence-electron chi connectivity index (χ4n) is 2.11.